The molecule has 12 rings (SSSR count). The quantitative estimate of drug-likeness (QED) is 0.177. The van der Waals surface area contributed by atoms with E-state index in [9.17, 15) is 0 Å². The lowest BCUT2D eigenvalue weighted by molar-refractivity contribution is -0.0399. The first-order valence-corrected chi connectivity index (χ1v) is 22.6. The van der Waals surface area contributed by atoms with E-state index in [0.29, 0.717) is 11.8 Å². The molecule has 0 N–H and O–H groups in total. The van der Waals surface area contributed by atoms with Crippen LogP contribution in [0.3, 0.4) is 0 Å². The van der Waals surface area contributed by atoms with Gasteiger partial charge in [-0.05, 0) is 195 Å². The van der Waals surface area contributed by atoms with Crippen molar-refractivity contribution in [2.24, 2.45) is 23.7 Å². The molecule has 1 heteroatoms. The fourth-order valence-electron chi connectivity index (χ4n) is 14.1. The molecule has 0 radical (unpaired) electrons. The largest absolute Gasteiger partial charge is 0.310 e. The zero-order valence-electron chi connectivity index (χ0n) is 35.9. The van der Waals surface area contributed by atoms with Crippen molar-refractivity contribution < 1.29 is 0 Å². The van der Waals surface area contributed by atoms with E-state index < -0.39 is 0 Å². The molecule has 0 saturated heterocycles. The lowest BCUT2D eigenvalue weighted by Crippen LogP contribution is -2.55. The van der Waals surface area contributed by atoms with Crippen molar-refractivity contribution in [3.8, 4) is 22.3 Å². The summed E-state index contributed by atoms with van der Waals surface area (Å²) < 4.78 is 0. The summed E-state index contributed by atoms with van der Waals surface area (Å²) in [7, 11) is 0. The van der Waals surface area contributed by atoms with Gasteiger partial charge in [-0.25, -0.2) is 0 Å². The molecule has 0 heterocycles. The molecular weight excluding hydrogens is 687 g/mol. The van der Waals surface area contributed by atoms with Gasteiger partial charge in [-0.15, -0.1) is 0 Å². The second kappa shape index (κ2) is 12.0. The van der Waals surface area contributed by atoms with Crippen molar-refractivity contribution >= 4 is 17.1 Å². The molecule has 4 saturated carbocycles. The smallest absolute Gasteiger partial charge is 0.0471 e. The Balaban J connectivity index is 1.21. The van der Waals surface area contributed by atoms with Crippen LogP contribution in [0.4, 0.5) is 17.1 Å². The molecule has 1 nitrogen and oxygen atoms in total. The third-order valence-electron chi connectivity index (χ3n) is 17.2. The van der Waals surface area contributed by atoms with E-state index in [1.54, 1.807) is 22.3 Å². The van der Waals surface area contributed by atoms with E-state index in [4.69, 9.17) is 0 Å². The summed E-state index contributed by atoms with van der Waals surface area (Å²) >= 11 is 0. The Morgan fingerprint density at radius 3 is 1.56 bits per heavy atom. The average molecular weight is 750 g/mol. The minimum atomic E-state index is 0.0732. The Bertz CT molecular complexity index is 2410. The summed E-state index contributed by atoms with van der Waals surface area (Å²) in [5, 5.41) is 0. The van der Waals surface area contributed by atoms with Crippen LogP contribution in [0.25, 0.3) is 22.3 Å². The molecule has 7 aliphatic rings. The lowest BCUT2D eigenvalue weighted by Gasteiger charge is -2.61. The van der Waals surface area contributed by atoms with Crippen LogP contribution >= 0.6 is 0 Å². The average Bonchev–Trinajstić information content (AvgIpc) is 3.48. The summed E-state index contributed by atoms with van der Waals surface area (Å²) in [5.41, 5.74) is 19.7. The molecule has 0 aromatic heterocycles. The van der Waals surface area contributed by atoms with Gasteiger partial charge in [0.25, 0.3) is 0 Å². The van der Waals surface area contributed by atoms with Gasteiger partial charge in [-0.3, -0.25) is 0 Å². The molecule has 292 valence electrons. The molecule has 5 aromatic carbocycles. The molecule has 5 aromatic rings. The normalized spacial score (nSPS) is 28.7. The predicted octanol–water partition coefficient (Wildman–Crippen LogP) is 15.2. The van der Waals surface area contributed by atoms with Crippen LogP contribution in [-0.4, -0.2) is 0 Å². The number of benzene rings is 5. The minimum absolute atomic E-state index is 0.0732. The molecule has 0 amide bonds. The van der Waals surface area contributed by atoms with Gasteiger partial charge in [0.15, 0.2) is 0 Å². The molecular formula is C56H63N. The minimum Gasteiger partial charge on any atom is -0.310 e. The van der Waals surface area contributed by atoms with Gasteiger partial charge < -0.3 is 4.90 Å². The van der Waals surface area contributed by atoms with E-state index in [1.807, 2.05) is 0 Å². The standard InChI is InChI=1S/C56H63N/c1-52(2)22-24-54(5,6)48-31-37(18-20-46(48)52)44-32-42(57(40-14-10-9-11-15-40)41-19-21-47-49(33-41)55(7,8)25-23-53(47,3)4)34-50-51(44)43-16-12-13-17-45(43)56(50)38-27-35-26-36(29-38)30-39(56)28-35/h9-21,31-36,38-39H,22-30H2,1-8H3. The highest BCUT2D eigenvalue weighted by molar-refractivity contribution is 5.97. The van der Waals surface area contributed by atoms with Crippen LogP contribution in [0, 0.1) is 23.7 Å². The monoisotopic (exact) mass is 749 g/mol. The SMILES string of the molecule is CC1(C)CCC(C)(C)c2cc(-c3cc(N(c4ccccc4)c4ccc5c(c4)C(C)(C)CCC5(C)C)cc4c3-c3ccccc3C43C4CC5CC(C4)CC3C5)ccc21. The number of nitrogens with zero attached hydrogens (tertiary/aromatic N) is 1. The summed E-state index contributed by atoms with van der Waals surface area (Å²) in [4.78, 5) is 2.62. The zero-order chi connectivity index (χ0) is 39.3. The zero-order valence-corrected chi connectivity index (χ0v) is 35.9. The van der Waals surface area contributed by atoms with E-state index in [1.165, 1.54) is 108 Å². The van der Waals surface area contributed by atoms with Crippen molar-refractivity contribution in [3.63, 3.8) is 0 Å². The van der Waals surface area contributed by atoms with E-state index >= 15 is 0 Å². The van der Waals surface area contributed by atoms with Gasteiger partial charge in [-0.1, -0.05) is 122 Å². The predicted molar refractivity (Wildman–Crippen MR) is 240 cm³/mol. The first-order valence-electron chi connectivity index (χ1n) is 22.6. The van der Waals surface area contributed by atoms with Gasteiger partial charge in [0.05, 0.1) is 0 Å². The topological polar surface area (TPSA) is 3.24 Å². The van der Waals surface area contributed by atoms with Crippen LogP contribution in [0.5, 0.6) is 0 Å². The van der Waals surface area contributed by atoms with Crippen LogP contribution in [0.2, 0.25) is 0 Å². The Morgan fingerprint density at radius 2 is 0.930 bits per heavy atom. The first-order chi connectivity index (χ1) is 27.2. The lowest BCUT2D eigenvalue weighted by atomic mass is 9.43. The highest BCUT2D eigenvalue weighted by atomic mass is 15.1. The maximum atomic E-state index is 2.72. The van der Waals surface area contributed by atoms with Gasteiger partial charge in [-0.2, -0.15) is 0 Å². The van der Waals surface area contributed by atoms with Crippen LogP contribution in [-0.2, 0) is 27.1 Å². The molecule has 7 aliphatic carbocycles. The Labute approximate surface area is 343 Å². The fourth-order valence-corrected chi connectivity index (χ4v) is 14.1. The van der Waals surface area contributed by atoms with Crippen molar-refractivity contribution in [1.29, 1.82) is 0 Å². The van der Waals surface area contributed by atoms with E-state index in [2.05, 4.69) is 163 Å². The maximum Gasteiger partial charge on any atom is 0.0471 e. The number of hydrogen-bond acceptors (Lipinski definition) is 1. The second-order valence-corrected chi connectivity index (χ2v) is 22.3. The van der Waals surface area contributed by atoms with Gasteiger partial charge in [0, 0.05) is 22.5 Å². The van der Waals surface area contributed by atoms with Crippen LogP contribution in [0.1, 0.15) is 147 Å². The molecule has 0 atom stereocenters. The summed E-state index contributed by atoms with van der Waals surface area (Å²) in [5.74, 6) is 3.23. The van der Waals surface area contributed by atoms with Gasteiger partial charge in [0.2, 0.25) is 0 Å². The first kappa shape index (κ1) is 36.0. The highest BCUT2D eigenvalue weighted by Gasteiger charge is 2.62. The van der Waals surface area contributed by atoms with Crippen LogP contribution in [0.15, 0.2) is 103 Å². The fraction of sp³-hybridized carbons (Fsp3) is 0.464. The number of anilines is 3. The molecule has 4 bridgehead atoms. The number of rotatable bonds is 4. The van der Waals surface area contributed by atoms with Crippen molar-refractivity contribution in [2.75, 3.05) is 4.90 Å². The third kappa shape index (κ3) is 5.12. The number of para-hydroxylation sites is 1. The molecule has 57 heavy (non-hydrogen) atoms. The van der Waals surface area contributed by atoms with Gasteiger partial charge >= 0.3 is 0 Å². The van der Waals surface area contributed by atoms with E-state index in [-0.39, 0.29) is 27.1 Å². The van der Waals surface area contributed by atoms with E-state index in [0.717, 1.165) is 11.8 Å². The molecule has 1 spiro atoms. The molecule has 0 unspecified atom stereocenters. The number of fused-ring (bicyclic) bond motifs is 5. The van der Waals surface area contributed by atoms with Crippen LogP contribution < -0.4 is 4.90 Å². The molecule has 0 aliphatic heterocycles. The Hall–Kier alpha value is -4.10. The Morgan fingerprint density at radius 1 is 0.404 bits per heavy atom. The maximum absolute atomic E-state index is 2.72. The third-order valence-corrected chi connectivity index (χ3v) is 17.2. The summed E-state index contributed by atoms with van der Waals surface area (Å²) in [6.45, 7) is 19.7. The number of hydrogen-bond donors (Lipinski definition) is 0. The summed E-state index contributed by atoms with van der Waals surface area (Å²) in [6.07, 6.45) is 11.9. The molecule has 4 fully saturated rings. The Kier molecular flexibility index (Phi) is 7.58. The highest BCUT2D eigenvalue weighted by Crippen LogP contribution is 2.70. The van der Waals surface area contributed by atoms with Crippen molar-refractivity contribution in [2.45, 2.75) is 140 Å². The van der Waals surface area contributed by atoms with Crippen molar-refractivity contribution in [1.82, 2.24) is 0 Å². The van der Waals surface area contributed by atoms with Gasteiger partial charge in [0.1, 0.15) is 0 Å². The second-order valence-electron chi connectivity index (χ2n) is 22.3. The summed E-state index contributed by atoms with van der Waals surface area (Å²) in [6, 6.07) is 41.5. The van der Waals surface area contributed by atoms with Crippen molar-refractivity contribution in [3.05, 3.63) is 137 Å².